The number of nitrogens with zero attached hydrogens (tertiary/aromatic N) is 2. The van der Waals surface area contributed by atoms with Crippen molar-refractivity contribution in [3.05, 3.63) is 106 Å². The van der Waals surface area contributed by atoms with E-state index >= 15 is 0 Å². The number of carbonyl (C=O) groups excluding carboxylic acids is 1. The van der Waals surface area contributed by atoms with E-state index in [1.54, 1.807) is 28.8 Å². The van der Waals surface area contributed by atoms with Crippen LogP contribution in [0.4, 0.5) is 5.69 Å². The van der Waals surface area contributed by atoms with Crippen LogP contribution in [0.3, 0.4) is 0 Å². The highest BCUT2D eigenvalue weighted by atomic mass is 35.5. The van der Waals surface area contributed by atoms with E-state index in [0.29, 0.717) is 31.8 Å². The summed E-state index contributed by atoms with van der Waals surface area (Å²) in [5.41, 5.74) is 3.03. The van der Waals surface area contributed by atoms with E-state index in [1.807, 2.05) is 66.0 Å². The third-order valence-corrected chi connectivity index (χ3v) is 7.20. The zero-order valence-electron chi connectivity index (χ0n) is 17.8. The van der Waals surface area contributed by atoms with Gasteiger partial charge in [-0.15, -0.1) is 11.3 Å². The molecule has 0 aliphatic heterocycles. The van der Waals surface area contributed by atoms with Crippen molar-refractivity contribution in [3.8, 4) is 16.8 Å². The Balaban J connectivity index is 1.53. The molecule has 0 saturated heterocycles. The van der Waals surface area contributed by atoms with Gasteiger partial charge in [-0.3, -0.25) is 14.2 Å². The molecule has 2 heterocycles. The molecule has 1 amide bonds. The number of nitrogens with one attached hydrogen (secondary N) is 1. The molecular weight excluding hydrogens is 486 g/mol. The topological polar surface area (TPSA) is 64.0 Å². The van der Waals surface area contributed by atoms with Crippen LogP contribution >= 0.6 is 34.7 Å². The minimum absolute atomic E-state index is 0.102. The molecule has 3 aromatic carbocycles. The average Bonchev–Trinajstić information content (AvgIpc) is 3.30. The van der Waals surface area contributed by atoms with Gasteiger partial charge in [0.15, 0.2) is 5.16 Å². The maximum Gasteiger partial charge on any atom is 0.268 e. The lowest BCUT2D eigenvalue weighted by atomic mass is 10.1. The predicted octanol–water partition coefficient (Wildman–Crippen LogP) is 6.50. The zero-order chi connectivity index (χ0) is 23.5. The number of para-hydroxylation sites is 1. The Labute approximate surface area is 209 Å². The molecule has 0 atom stereocenters. The van der Waals surface area contributed by atoms with Crippen LogP contribution in [0.1, 0.15) is 0 Å². The summed E-state index contributed by atoms with van der Waals surface area (Å²) >= 11 is 8.57. The van der Waals surface area contributed by atoms with Crippen molar-refractivity contribution >= 4 is 56.5 Å². The molecule has 0 aliphatic rings. The number of hydrogen-bond acceptors (Lipinski definition) is 5. The van der Waals surface area contributed by atoms with Gasteiger partial charge < -0.3 is 5.32 Å². The molecule has 34 heavy (non-hydrogen) atoms. The summed E-state index contributed by atoms with van der Waals surface area (Å²) in [5, 5.41) is 6.46. The third kappa shape index (κ3) is 4.63. The maximum absolute atomic E-state index is 13.8. The molecule has 0 unspecified atom stereocenters. The van der Waals surface area contributed by atoms with Gasteiger partial charge in [0.1, 0.15) is 4.83 Å². The van der Waals surface area contributed by atoms with Gasteiger partial charge in [0.25, 0.3) is 5.56 Å². The van der Waals surface area contributed by atoms with Crippen molar-refractivity contribution in [1.29, 1.82) is 0 Å². The van der Waals surface area contributed by atoms with Crippen molar-refractivity contribution < 1.29 is 4.79 Å². The highest BCUT2D eigenvalue weighted by molar-refractivity contribution is 7.99. The lowest BCUT2D eigenvalue weighted by Gasteiger charge is -2.13. The van der Waals surface area contributed by atoms with Crippen LogP contribution in [-0.4, -0.2) is 21.2 Å². The molecule has 0 aliphatic carbocycles. The van der Waals surface area contributed by atoms with Crippen LogP contribution in [-0.2, 0) is 4.79 Å². The number of benzene rings is 3. The van der Waals surface area contributed by atoms with E-state index in [-0.39, 0.29) is 17.2 Å². The van der Waals surface area contributed by atoms with Crippen molar-refractivity contribution in [1.82, 2.24) is 9.55 Å². The van der Waals surface area contributed by atoms with Crippen LogP contribution in [0.15, 0.2) is 100 Å². The first-order valence-electron chi connectivity index (χ1n) is 10.4. The molecule has 1 N–H and O–H groups in total. The predicted molar refractivity (Wildman–Crippen MR) is 141 cm³/mol. The summed E-state index contributed by atoms with van der Waals surface area (Å²) < 4.78 is 1.59. The summed E-state index contributed by atoms with van der Waals surface area (Å²) in [4.78, 5) is 31.8. The van der Waals surface area contributed by atoms with Gasteiger partial charge in [-0.1, -0.05) is 71.9 Å². The highest BCUT2D eigenvalue weighted by Gasteiger charge is 2.19. The van der Waals surface area contributed by atoms with Gasteiger partial charge in [0, 0.05) is 21.7 Å². The van der Waals surface area contributed by atoms with E-state index < -0.39 is 0 Å². The summed E-state index contributed by atoms with van der Waals surface area (Å²) in [5.74, 6) is -0.0953. The minimum Gasteiger partial charge on any atom is -0.325 e. The molecule has 0 radical (unpaired) electrons. The number of anilines is 1. The molecule has 5 nitrogen and oxygen atoms in total. The number of fused-ring (bicyclic) bond motifs is 1. The number of carbonyl (C=O) groups is 1. The van der Waals surface area contributed by atoms with E-state index in [4.69, 9.17) is 16.6 Å². The normalized spacial score (nSPS) is 11.0. The number of rotatable bonds is 6. The molecule has 0 fully saturated rings. The number of thioether (sulfide) groups is 1. The van der Waals surface area contributed by atoms with Crippen molar-refractivity contribution in [2.45, 2.75) is 5.16 Å². The molecule has 0 bridgehead atoms. The number of amides is 1. The van der Waals surface area contributed by atoms with Gasteiger partial charge in [-0.05, 0) is 42.0 Å². The van der Waals surface area contributed by atoms with E-state index in [0.717, 1.165) is 11.1 Å². The van der Waals surface area contributed by atoms with E-state index in [9.17, 15) is 9.59 Å². The van der Waals surface area contributed by atoms with Crippen LogP contribution in [0.25, 0.3) is 27.0 Å². The SMILES string of the molecule is O=C(CSc1nc2scc(-c3ccccc3)c2c(=O)n1-c1ccccc1)Nc1ccc(Cl)cc1. The molecule has 0 spiro atoms. The third-order valence-electron chi connectivity index (χ3n) is 5.14. The Morgan fingerprint density at radius 2 is 1.65 bits per heavy atom. The Morgan fingerprint density at radius 3 is 2.35 bits per heavy atom. The monoisotopic (exact) mass is 503 g/mol. The number of thiophene rings is 1. The molecular formula is C26H18ClN3O2S2. The lowest BCUT2D eigenvalue weighted by molar-refractivity contribution is -0.113. The van der Waals surface area contributed by atoms with Crippen molar-refractivity contribution in [2.24, 2.45) is 0 Å². The van der Waals surface area contributed by atoms with Gasteiger partial charge in [-0.2, -0.15) is 0 Å². The largest absolute Gasteiger partial charge is 0.325 e. The quantitative estimate of drug-likeness (QED) is 0.212. The Bertz CT molecular complexity index is 1520. The first-order valence-corrected chi connectivity index (χ1v) is 12.7. The van der Waals surface area contributed by atoms with Gasteiger partial charge in [0.05, 0.1) is 16.8 Å². The number of halogens is 1. The molecule has 0 saturated carbocycles. The first kappa shape index (κ1) is 22.4. The van der Waals surface area contributed by atoms with E-state index in [1.165, 1.54) is 23.1 Å². The molecule has 5 rings (SSSR count). The minimum atomic E-state index is -0.197. The smallest absolute Gasteiger partial charge is 0.268 e. The lowest BCUT2D eigenvalue weighted by Crippen LogP contribution is -2.22. The van der Waals surface area contributed by atoms with Gasteiger partial charge in [0.2, 0.25) is 5.91 Å². The average molecular weight is 504 g/mol. The fourth-order valence-corrected chi connectivity index (χ4v) is 5.49. The summed E-state index contributed by atoms with van der Waals surface area (Å²) in [6.07, 6.45) is 0. The maximum atomic E-state index is 13.8. The summed E-state index contributed by atoms with van der Waals surface area (Å²) in [6, 6.07) is 26.1. The first-order chi connectivity index (χ1) is 16.6. The highest BCUT2D eigenvalue weighted by Crippen LogP contribution is 2.33. The molecule has 2 aromatic heterocycles. The van der Waals surface area contributed by atoms with Gasteiger partial charge in [-0.25, -0.2) is 4.98 Å². The molecule has 168 valence electrons. The van der Waals surface area contributed by atoms with Gasteiger partial charge >= 0.3 is 0 Å². The summed E-state index contributed by atoms with van der Waals surface area (Å²) in [6.45, 7) is 0. The Kier molecular flexibility index (Phi) is 6.49. The molecule has 8 heteroatoms. The molecule has 5 aromatic rings. The Hall–Kier alpha value is -3.39. The summed E-state index contributed by atoms with van der Waals surface area (Å²) in [7, 11) is 0. The standard InChI is InChI=1S/C26H18ClN3O2S2/c27-18-11-13-19(14-12-18)28-22(31)16-34-26-29-24-23(21(15-33-24)17-7-3-1-4-8-17)25(32)30(26)20-9-5-2-6-10-20/h1-15H,16H2,(H,28,31). The Morgan fingerprint density at radius 1 is 0.971 bits per heavy atom. The zero-order valence-corrected chi connectivity index (χ0v) is 20.2. The fraction of sp³-hybridized carbons (Fsp3) is 0.0385. The second-order valence-corrected chi connectivity index (χ2v) is 9.65. The second kappa shape index (κ2) is 9.85. The van der Waals surface area contributed by atoms with Crippen LogP contribution < -0.4 is 10.9 Å². The van der Waals surface area contributed by atoms with Crippen molar-refractivity contribution in [2.75, 3.05) is 11.1 Å². The fourth-order valence-electron chi connectivity index (χ4n) is 3.56. The van der Waals surface area contributed by atoms with Crippen LogP contribution in [0.2, 0.25) is 5.02 Å². The second-order valence-electron chi connectivity index (χ2n) is 7.41. The van der Waals surface area contributed by atoms with Crippen LogP contribution in [0, 0.1) is 0 Å². The number of hydrogen-bond donors (Lipinski definition) is 1. The van der Waals surface area contributed by atoms with Crippen LogP contribution in [0.5, 0.6) is 0 Å². The number of aromatic nitrogens is 2. The van der Waals surface area contributed by atoms with Crippen molar-refractivity contribution in [3.63, 3.8) is 0 Å². The van der Waals surface area contributed by atoms with E-state index in [2.05, 4.69) is 5.32 Å².